The molecular formula is C22H24FNO4. The number of carbonyl (C=O) groups excluding carboxylic acids is 1. The molecular weight excluding hydrogens is 361 g/mol. The molecule has 148 valence electrons. The van der Waals surface area contributed by atoms with Crippen molar-refractivity contribution in [3.8, 4) is 5.75 Å². The Hall–Kier alpha value is -2.89. The van der Waals surface area contributed by atoms with Gasteiger partial charge in [-0.3, -0.25) is 4.79 Å². The average Bonchev–Trinajstić information content (AvgIpc) is 3.18. The molecule has 1 atom stereocenters. The molecule has 0 bridgehead atoms. The number of aliphatic carboxylic acids is 1. The van der Waals surface area contributed by atoms with Gasteiger partial charge >= 0.3 is 5.97 Å². The molecule has 1 fully saturated rings. The number of nitrogens with one attached hydrogen (secondary N) is 1. The highest BCUT2D eigenvalue weighted by Crippen LogP contribution is 2.42. The zero-order chi connectivity index (χ0) is 20.1. The van der Waals surface area contributed by atoms with Gasteiger partial charge in [-0.05, 0) is 43.5 Å². The molecule has 0 spiro atoms. The third kappa shape index (κ3) is 4.16. The Morgan fingerprint density at radius 1 is 1.14 bits per heavy atom. The van der Waals surface area contributed by atoms with Gasteiger partial charge in [0.1, 0.15) is 11.6 Å². The van der Waals surface area contributed by atoms with Crippen molar-refractivity contribution < 1.29 is 23.8 Å². The van der Waals surface area contributed by atoms with E-state index in [4.69, 9.17) is 9.84 Å². The van der Waals surface area contributed by atoms with Gasteiger partial charge in [-0.1, -0.05) is 43.2 Å². The number of rotatable bonds is 7. The van der Waals surface area contributed by atoms with E-state index in [0.717, 1.165) is 18.4 Å². The van der Waals surface area contributed by atoms with Gasteiger partial charge in [-0.25, -0.2) is 9.18 Å². The number of hydrogen-bond donors (Lipinski definition) is 2. The Morgan fingerprint density at radius 3 is 2.39 bits per heavy atom. The first-order valence-corrected chi connectivity index (χ1v) is 9.43. The minimum absolute atomic E-state index is 0.159. The monoisotopic (exact) mass is 385 g/mol. The fourth-order valence-electron chi connectivity index (χ4n) is 3.86. The first kappa shape index (κ1) is 19.9. The zero-order valence-corrected chi connectivity index (χ0v) is 15.8. The molecule has 1 aliphatic carbocycles. The molecule has 0 heterocycles. The minimum atomic E-state index is -1.04. The highest BCUT2D eigenvalue weighted by Gasteiger charge is 2.44. The molecule has 1 amide bonds. The summed E-state index contributed by atoms with van der Waals surface area (Å²) in [6.07, 6.45) is 3.06. The summed E-state index contributed by atoms with van der Waals surface area (Å²) in [4.78, 5) is 23.7. The molecule has 28 heavy (non-hydrogen) atoms. The summed E-state index contributed by atoms with van der Waals surface area (Å²) < 4.78 is 19.6. The molecule has 0 radical (unpaired) electrons. The summed E-state index contributed by atoms with van der Waals surface area (Å²) in [7, 11) is 0. The average molecular weight is 385 g/mol. The summed E-state index contributed by atoms with van der Waals surface area (Å²) >= 11 is 0. The van der Waals surface area contributed by atoms with Crippen molar-refractivity contribution >= 4 is 11.9 Å². The lowest BCUT2D eigenvalue weighted by Crippen LogP contribution is -2.44. The quantitative estimate of drug-likeness (QED) is 0.756. The van der Waals surface area contributed by atoms with Crippen molar-refractivity contribution in [1.82, 2.24) is 5.32 Å². The van der Waals surface area contributed by atoms with Crippen LogP contribution in [-0.4, -0.2) is 23.6 Å². The topological polar surface area (TPSA) is 75.6 Å². The van der Waals surface area contributed by atoms with E-state index in [9.17, 15) is 14.0 Å². The SMILES string of the molecule is CC(NC(=O)C1(c2ccccc2F)CCCC1)c1ccc(OCC(=O)O)cc1. The van der Waals surface area contributed by atoms with Gasteiger partial charge in [-0.15, -0.1) is 0 Å². The van der Waals surface area contributed by atoms with Gasteiger partial charge in [0.15, 0.2) is 6.61 Å². The number of halogens is 1. The van der Waals surface area contributed by atoms with Crippen molar-refractivity contribution in [2.24, 2.45) is 0 Å². The predicted octanol–water partition coefficient (Wildman–Crippen LogP) is 3.98. The summed E-state index contributed by atoms with van der Waals surface area (Å²) in [5.41, 5.74) is 0.497. The molecule has 0 aliphatic heterocycles. The number of benzene rings is 2. The highest BCUT2D eigenvalue weighted by atomic mass is 19.1. The van der Waals surface area contributed by atoms with Crippen molar-refractivity contribution in [3.05, 3.63) is 65.5 Å². The van der Waals surface area contributed by atoms with Gasteiger partial charge in [-0.2, -0.15) is 0 Å². The van der Waals surface area contributed by atoms with Crippen molar-refractivity contribution in [2.75, 3.05) is 6.61 Å². The lowest BCUT2D eigenvalue weighted by atomic mass is 9.77. The van der Waals surface area contributed by atoms with Crippen molar-refractivity contribution in [2.45, 2.75) is 44.1 Å². The second kappa shape index (κ2) is 8.42. The summed E-state index contributed by atoms with van der Waals surface area (Å²) in [6, 6.07) is 13.2. The summed E-state index contributed by atoms with van der Waals surface area (Å²) in [5, 5.41) is 11.7. The van der Waals surface area contributed by atoms with Crippen LogP contribution in [0.1, 0.15) is 49.8 Å². The molecule has 1 unspecified atom stereocenters. The minimum Gasteiger partial charge on any atom is -0.482 e. The summed E-state index contributed by atoms with van der Waals surface area (Å²) in [6.45, 7) is 1.46. The molecule has 6 heteroatoms. The van der Waals surface area contributed by atoms with E-state index in [0.29, 0.717) is 24.2 Å². The van der Waals surface area contributed by atoms with E-state index in [1.807, 2.05) is 6.92 Å². The van der Waals surface area contributed by atoms with Crippen molar-refractivity contribution in [1.29, 1.82) is 0 Å². The molecule has 0 aromatic heterocycles. The largest absolute Gasteiger partial charge is 0.482 e. The van der Waals surface area contributed by atoms with E-state index in [-0.39, 0.29) is 17.8 Å². The second-order valence-electron chi connectivity index (χ2n) is 7.22. The Labute approximate surface area is 163 Å². The molecule has 1 saturated carbocycles. The van der Waals surface area contributed by atoms with Crippen LogP contribution in [0.15, 0.2) is 48.5 Å². The first-order chi connectivity index (χ1) is 13.4. The predicted molar refractivity (Wildman–Crippen MR) is 103 cm³/mol. The van der Waals surface area contributed by atoms with Gasteiger partial charge in [0.25, 0.3) is 0 Å². The molecule has 2 aromatic rings. The Kier molecular flexibility index (Phi) is 5.97. The Balaban J connectivity index is 1.73. The van der Waals surface area contributed by atoms with Gasteiger partial charge < -0.3 is 15.2 Å². The number of ether oxygens (including phenoxy) is 1. The number of amides is 1. The lowest BCUT2D eigenvalue weighted by Gasteiger charge is -2.30. The van der Waals surface area contributed by atoms with Crippen LogP contribution < -0.4 is 10.1 Å². The molecule has 1 aliphatic rings. The molecule has 3 rings (SSSR count). The molecule has 5 nitrogen and oxygen atoms in total. The van der Waals surface area contributed by atoms with Crippen LogP contribution in [0.3, 0.4) is 0 Å². The maximum atomic E-state index is 14.4. The number of carboxylic acids is 1. The van der Waals surface area contributed by atoms with Crippen LogP contribution in [0, 0.1) is 5.82 Å². The van der Waals surface area contributed by atoms with Crippen molar-refractivity contribution in [3.63, 3.8) is 0 Å². The molecule has 0 saturated heterocycles. The van der Waals surface area contributed by atoms with E-state index < -0.39 is 18.0 Å². The third-order valence-corrected chi connectivity index (χ3v) is 5.37. The Bertz CT molecular complexity index is 844. The van der Waals surface area contributed by atoms with E-state index in [1.165, 1.54) is 6.07 Å². The smallest absolute Gasteiger partial charge is 0.341 e. The summed E-state index contributed by atoms with van der Waals surface area (Å²) in [5.74, 6) is -1.09. The van der Waals surface area contributed by atoms with Crippen LogP contribution in [0.5, 0.6) is 5.75 Å². The van der Waals surface area contributed by atoms with Crippen LogP contribution in [0.25, 0.3) is 0 Å². The van der Waals surface area contributed by atoms with Gasteiger partial charge in [0.05, 0.1) is 11.5 Å². The fraction of sp³-hybridized carbons (Fsp3) is 0.364. The lowest BCUT2D eigenvalue weighted by molar-refractivity contribution is -0.139. The van der Waals surface area contributed by atoms with E-state index in [2.05, 4.69) is 5.32 Å². The van der Waals surface area contributed by atoms with Crippen LogP contribution in [-0.2, 0) is 15.0 Å². The maximum absolute atomic E-state index is 14.4. The standard InChI is InChI=1S/C22H24FNO4/c1-15(16-8-10-17(11-9-16)28-14-20(25)26)24-21(27)22(12-4-5-13-22)18-6-2-3-7-19(18)23/h2-3,6-11,15H,4-5,12-14H2,1H3,(H,24,27)(H,25,26). The maximum Gasteiger partial charge on any atom is 0.341 e. The first-order valence-electron chi connectivity index (χ1n) is 9.43. The van der Waals surface area contributed by atoms with Crippen LogP contribution in [0.4, 0.5) is 4.39 Å². The number of carboxylic acid groups (broad SMARTS) is 1. The number of carbonyl (C=O) groups is 2. The number of hydrogen-bond acceptors (Lipinski definition) is 3. The fourth-order valence-corrected chi connectivity index (χ4v) is 3.86. The zero-order valence-electron chi connectivity index (χ0n) is 15.8. The molecule has 2 N–H and O–H groups in total. The van der Waals surface area contributed by atoms with E-state index >= 15 is 0 Å². The van der Waals surface area contributed by atoms with Crippen LogP contribution in [0.2, 0.25) is 0 Å². The highest BCUT2D eigenvalue weighted by molar-refractivity contribution is 5.89. The van der Waals surface area contributed by atoms with Crippen LogP contribution >= 0.6 is 0 Å². The second-order valence-corrected chi connectivity index (χ2v) is 7.22. The van der Waals surface area contributed by atoms with Gasteiger partial charge in [0, 0.05) is 5.56 Å². The normalized spacial score (nSPS) is 16.4. The van der Waals surface area contributed by atoms with E-state index in [1.54, 1.807) is 42.5 Å². The molecule has 2 aromatic carbocycles. The Morgan fingerprint density at radius 2 is 1.79 bits per heavy atom. The third-order valence-electron chi connectivity index (χ3n) is 5.37. The van der Waals surface area contributed by atoms with Gasteiger partial charge in [0.2, 0.25) is 5.91 Å².